The number of nitrogens with one attached hydrogen (secondary N) is 1. The molecule has 28 heavy (non-hydrogen) atoms. The molecule has 0 spiro atoms. The second-order valence-corrected chi connectivity index (χ2v) is 7.40. The highest BCUT2D eigenvalue weighted by atomic mass is 19.1. The maximum Gasteiger partial charge on any atom is 0.243 e. The van der Waals surface area contributed by atoms with Crippen molar-refractivity contribution >= 4 is 11.8 Å². The third-order valence-electron chi connectivity index (χ3n) is 4.56. The Morgan fingerprint density at radius 1 is 1.00 bits per heavy atom. The molecule has 2 aromatic rings. The van der Waals surface area contributed by atoms with E-state index in [-0.39, 0.29) is 30.1 Å². The summed E-state index contributed by atoms with van der Waals surface area (Å²) in [5.41, 5.74) is 2.82. The standard InChI is InChI=1S/C23H29FN2O2/c1-5-21(23(28)25-16(2)3)26(15-19-8-6-17(4)7-9-19)22(27)14-18-10-12-20(24)13-11-18/h6-13,16,21H,5,14-15H2,1-4H3,(H,25,28)/t21-/m0/s1. The fraction of sp³-hybridized carbons (Fsp3) is 0.391. The molecule has 2 aromatic carbocycles. The number of hydrogen-bond acceptors (Lipinski definition) is 2. The van der Waals surface area contributed by atoms with Crippen molar-refractivity contribution in [3.8, 4) is 0 Å². The Labute approximate surface area is 166 Å². The average molecular weight is 384 g/mol. The second-order valence-electron chi connectivity index (χ2n) is 7.40. The summed E-state index contributed by atoms with van der Waals surface area (Å²) in [5.74, 6) is -0.648. The molecule has 5 heteroatoms. The van der Waals surface area contributed by atoms with Gasteiger partial charge >= 0.3 is 0 Å². The highest BCUT2D eigenvalue weighted by Crippen LogP contribution is 2.16. The molecule has 0 aliphatic heterocycles. The molecule has 1 atom stereocenters. The zero-order valence-electron chi connectivity index (χ0n) is 17.0. The van der Waals surface area contributed by atoms with Crippen molar-refractivity contribution in [1.29, 1.82) is 0 Å². The van der Waals surface area contributed by atoms with Crippen molar-refractivity contribution in [2.45, 2.75) is 59.2 Å². The normalized spacial score (nSPS) is 11.9. The number of amides is 2. The largest absolute Gasteiger partial charge is 0.352 e. The van der Waals surface area contributed by atoms with E-state index in [1.165, 1.54) is 12.1 Å². The summed E-state index contributed by atoms with van der Waals surface area (Å²) in [5, 5.41) is 2.91. The molecule has 0 bridgehead atoms. The van der Waals surface area contributed by atoms with Crippen LogP contribution in [0.25, 0.3) is 0 Å². The average Bonchev–Trinajstić information content (AvgIpc) is 2.64. The van der Waals surface area contributed by atoms with Crippen molar-refractivity contribution in [3.05, 3.63) is 71.0 Å². The predicted octanol–water partition coefficient (Wildman–Crippen LogP) is 4.01. The van der Waals surface area contributed by atoms with E-state index in [0.717, 1.165) is 16.7 Å². The molecule has 0 radical (unpaired) electrons. The van der Waals surface area contributed by atoms with Gasteiger partial charge in [0.25, 0.3) is 0 Å². The summed E-state index contributed by atoms with van der Waals surface area (Å²) in [6.45, 7) is 8.05. The summed E-state index contributed by atoms with van der Waals surface area (Å²) in [6.07, 6.45) is 0.636. The number of carbonyl (C=O) groups is 2. The van der Waals surface area contributed by atoms with E-state index in [4.69, 9.17) is 0 Å². The van der Waals surface area contributed by atoms with Gasteiger partial charge in [-0.15, -0.1) is 0 Å². The lowest BCUT2D eigenvalue weighted by Gasteiger charge is -2.31. The number of nitrogens with zero attached hydrogens (tertiary/aromatic N) is 1. The van der Waals surface area contributed by atoms with Crippen LogP contribution in [0.5, 0.6) is 0 Å². The lowest BCUT2D eigenvalue weighted by atomic mass is 10.1. The number of halogens is 1. The molecule has 0 fully saturated rings. The third kappa shape index (κ3) is 6.19. The highest BCUT2D eigenvalue weighted by molar-refractivity contribution is 5.88. The first-order chi connectivity index (χ1) is 13.3. The van der Waals surface area contributed by atoms with Crippen molar-refractivity contribution < 1.29 is 14.0 Å². The van der Waals surface area contributed by atoms with Crippen LogP contribution in [0.2, 0.25) is 0 Å². The van der Waals surface area contributed by atoms with E-state index in [0.29, 0.717) is 13.0 Å². The molecule has 0 saturated heterocycles. The van der Waals surface area contributed by atoms with Crippen LogP contribution in [0, 0.1) is 12.7 Å². The van der Waals surface area contributed by atoms with E-state index in [2.05, 4.69) is 5.32 Å². The van der Waals surface area contributed by atoms with Gasteiger partial charge in [0.05, 0.1) is 6.42 Å². The molecule has 1 N–H and O–H groups in total. The van der Waals surface area contributed by atoms with E-state index >= 15 is 0 Å². The molecular formula is C23H29FN2O2. The Morgan fingerprint density at radius 3 is 2.11 bits per heavy atom. The molecule has 150 valence electrons. The van der Waals surface area contributed by atoms with Crippen LogP contribution in [0.3, 0.4) is 0 Å². The number of aryl methyl sites for hydroxylation is 1. The van der Waals surface area contributed by atoms with Crippen LogP contribution in [-0.2, 0) is 22.6 Å². The molecule has 2 rings (SSSR count). The molecule has 0 heterocycles. The van der Waals surface area contributed by atoms with E-state index in [1.807, 2.05) is 52.0 Å². The minimum Gasteiger partial charge on any atom is -0.352 e. The van der Waals surface area contributed by atoms with Crippen molar-refractivity contribution in [3.63, 3.8) is 0 Å². The number of benzene rings is 2. The Balaban J connectivity index is 2.27. The van der Waals surface area contributed by atoms with Gasteiger partial charge in [0.15, 0.2) is 0 Å². The number of rotatable bonds is 8. The molecule has 2 amide bonds. The first-order valence-corrected chi connectivity index (χ1v) is 9.70. The van der Waals surface area contributed by atoms with E-state index in [9.17, 15) is 14.0 Å². The molecule has 0 aliphatic rings. The Kier molecular flexibility index (Phi) is 7.73. The first kappa shape index (κ1) is 21.6. The maximum atomic E-state index is 13.2. The Bertz CT molecular complexity index is 785. The number of carbonyl (C=O) groups excluding carboxylic acids is 2. The summed E-state index contributed by atoms with van der Waals surface area (Å²) in [4.78, 5) is 27.5. The molecule has 0 aromatic heterocycles. The number of hydrogen-bond donors (Lipinski definition) is 1. The van der Waals surface area contributed by atoms with Crippen LogP contribution < -0.4 is 5.32 Å². The van der Waals surface area contributed by atoms with Gasteiger partial charge in [-0.05, 0) is 50.5 Å². The van der Waals surface area contributed by atoms with E-state index < -0.39 is 6.04 Å². The van der Waals surface area contributed by atoms with Crippen LogP contribution in [0.1, 0.15) is 43.9 Å². The quantitative estimate of drug-likeness (QED) is 0.748. The van der Waals surface area contributed by atoms with Crippen LogP contribution in [-0.4, -0.2) is 28.8 Å². The molecule has 0 unspecified atom stereocenters. The van der Waals surface area contributed by atoms with Gasteiger partial charge in [-0.2, -0.15) is 0 Å². The lowest BCUT2D eigenvalue weighted by Crippen LogP contribution is -2.50. The summed E-state index contributed by atoms with van der Waals surface area (Å²) >= 11 is 0. The molecule has 4 nitrogen and oxygen atoms in total. The fourth-order valence-corrected chi connectivity index (χ4v) is 3.07. The highest BCUT2D eigenvalue weighted by Gasteiger charge is 2.28. The smallest absolute Gasteiger partial charge is 0.243 e. The topological polar surface area (TPSA) is 49.4 Å². The van der Waals surface area contributed by atoms with Crippen LogP contribution in [0.4, 0.5) is 4.39 Å². The van der Waals surface area contributed by atoms with Gasteiger partial charge in [0.1, 0.15) is 11.9 Å². The van der Waals surface area contributed by atoms with Gasteiger partial charge in [-0.25, -0.2) is 4.39 Å². The summed E-state index contributed by atoms with van der Waals surface area (Å²) < 4.78 is 13.2. The fourth-order valence-electron chi connectivity index (χ4n) is 3.07. The van der Waals surface area contributed by atoms with Crippen LogP contribution in [0.15, 0.2) is 48.5 Å². The van der Waals surface area contributed by atoms with Gasteiger partial charge in [-0.1, -0.05) is 48.9 Å². The Morgan fingerprint density at radius 2 is 1.57 bits per heavy atom. The maximum absolute atomic E-state index is 13.2. The monoisotopic (exact) mass is 384 g/mol. The SMILES string of the molecule is CC[C@@H](C(=O)NC(C)C)N(Cc1ccc(C)cc1)C(=O)Cc1ccc(F)cc1. The summed E-state index contributed by atoms with van der Waals surface area (Å²) in [7, 11) is 0. The van der Waals surface area contributed by atoms with Crippen molar-refractivity contribution in [2.24, 2.45) is 0 Å². The van der Waals surface area contributed by atoms with Crippen molar-refractivity contribution in [1.82, 2.24) is 10.2 Å². The minimum atomic E-state index is -0.559. The van der Waals surface area contributed by atoms with Gasteiger partial charge in [0.2, 0.25) is 11.8 Å². The van der Waals surface area contributed by atoms with Crippen molar-refractivity contribution in [2.75, 3.05) is 0 Å². The molecule has 0 saturated carbocycles. The predicted molar refractivity (Wildman–Crippen MR) is 109 cm³/mol. The second kappa shape index (κ2) is 10.0. The lowest BCUT2D eigenvalue weighted by molar-refractivity contribution is -0.141. The molecular weight excluding hydrogens is 355 g/mol. The van der Waals surface area contributed by atoms with Gasteiger partial charge in [-0.3, -0.25) is 9.59 Å². The zero-order valence-corrected chi connectivity index (χ0v) is 17.0. The zero-order chi connectivity index (χ0) is 20.7. The third-order valence-corrected chi connectivity index (χ3v) is 4.56. The summed E-state index contributed by atoms with van der Waals surface area (Å²) in [6, 6.07) is 13.3. The molecule has 0 aliphatic carbocycles. The minimum absolute atomic E-state index is 0.00465. The van der Waals surface area contributed by atoms with Gasteiger partial charge < -0.3 is 10.2 Å². The van der Waals surface area contributed by atoms with Gasteiger partial charge in [0, 0.05) is 12.6 Å². The Hall–Kier alpha value is -2.69. The van der Waals surface area contributed by atoms with Crippen LogP contribution >= 0.6 is 0 Å². The first-order valence-electron chi connectivity index (χ1n) is 9.70. The van der Waals surface area contributed by atoms with E-state index in [1.54, 1.807) is 17.0 Å².